The molecule has 114 valence electrons. The Bertz CT molecular complexity index is 279. The van der Waals surface area contributed by atoms with Crippen molar-refractivity contribution in [3.63, 3.8) is 0 Å². The fourth-order valence-electron chi connectivity index (χ4n) is 4.54. The normalized spacial score (nSPS) is 36.3. The Morgan fingerprint density at radius 2 is 1.58 bits per heavy atom. The number of rotatable bonds is 2. The summed E-state index contributed by atoms with van der Waals surface area (Å²) >= 11 is 0. The van der Waals surface area contributed by atoms with Gasteiger partial charge in [0.05, 0.1) is 0 Å². The molecule has 19 heavy (non-hydrogen) atoms. The summed E-state index contributed by atoms with van der Waals surface area (Å²) in [5.41, 5.74) is 0.761. The van der Waals surface area contributed by atoms with E-state index in [-0.39, 0.29) is 0 Å². The molecule has 0 aliphatic carbocycles. The summed E-state index contributed by atoms with van der Waals surface area (Å²) < 4.78 is 0. The summed E-state index contributed by atoms with van der Waals surface area (Å²) in [6.07, 6.45) is 5.39. The predicted molar refractivity (Wildman–Crippen MR) is 86.5 cm³/mol. The molecule has 0 N–H and O–H groups in total. The molecule has 1 heteroatoms. The van der Waals surface area contributed by atoms with E-state index in [0.717, 1.165) is 17.8 Å². The highest BCUT2D eigenvalue weighted by molar-refractivity contribution is 4.91. The van der Waals surface area contributed by atoms with Gasteiger partial charge in [-0.1, -0.05) is 47.5 Å². The molecule has 1 saturated heterocycles. The highest BCUT2D eigenvalue weighted by Gasteiger charge is 2.38. The quantitative estimate of drug-likeness (QED) is 0.664. The Morgan fingerprint density at radius 1 is 1.00 bits per heavy atom. The topological polar surface area (TPSA) is 3.24 Å². The molecular weight excluding hydrogens is 230 g/mol. The standard InChI is InChI=1S/C18H37N/c1-9-15-12-18(6,7)19(8)13-17(4,5)11-14(3)16(15)10-2/h14-16H,9-13H2,1-8H3. The van der Waals surface area contributed by atoms with Gasteiger partial charge in [-0.3, -0.25) is 0 Å². The van der Waals surface area contributed by atoms with Crippen molar-refractivity contribution in [2.24, 2.45) is 23.2 Å². The van der Waals surface area contributed by atoms with Crippen LogP contribution in [0.5, 0.6) is 0 Å². The van der Waals surface area contributed by atoms with Crippen LogP contribution in [0.15, 0.2) is 0 Å². The van der Waals surface area contributed by atoms with Crippen LogP contribution < -0.4 is 0 Å². The summed E-state index contributed by atoms with van der Waals surface area (Å²) in [6.45, 7) is 18.3. The zero-order chi connectivity index (χ0) is 14.8. The van der Waals surface area contributed by atoms with Crippen LogP contribution in [0.2, 0.25) is 0 Å². The molecule has 0 aromatic carbocycles. The van der Waals surface area contributed by atoms with Crippen LogP contribution in [0.1, 0.15) is 74.1 Å². The molecule has 0 radical (unpaired) electrons. The van der Waals surface area contributed by atoms with Gasteiger partial charge in [0.1, 0.15) is 0 Å². The molecule has 1 aliphatic heterocycles. The lowest BCUT2D eigenvalue weighted by atomic mass is 9.71. The van der Waals surface area contributed by atoms with Gasteiger partial charge in [0.25, 0.3) is 0 Å². The highest BCUT2D eigenvalue weighted by atomic mass is 15.2. The maximum absolute atomic E-state index is 2.61. The molecule has 0 bridgehead atoms. The molecule has 0 saturated carbocycles. The van der Waals surface area contributed by atoms with E-state index in [1.54, 1.807) is 0 Å². The van der Waals surface area contributed by atoms with Crippen molar-refractivity contribution < 1.29 is 0 Å². The minimum atomic E-state index is 0.329. The molecule has 0 aromatic rings. The Kier molecular flexibility index (Phi) is 5.52. The van der Waals surface area contributed by atoms with Crippen molar-refractivity contribution in [2.75, 3.05) is 13.6 Å². The lowest BCUT2D eigenvalue weighted by molar-refractivity contribution is 0.0829. The maximum atomic E-state index is 2.61. The number of hydrogen-bond acceptors (Lipinski definition) is 1. The van der Waals surface area contributed by atoms with E-state index >= 15 is 0 Å². The maximum Gasteiger partial charge on any atom is 0.0153 e. The Labute approximate surface area is 122 Å². The summed E-state index contributed by atoms with van der Waals surface area (Å²) in [7, 11) is 2.32. The first kappa shape index (κ1) is 17.0. The first-order valence-corrected chi connectivity index (χ1v) is 8.34. The van der Waals surface area contributed by atoms with E-state index in [1.807, 2.05) is 0 Å². The second-order valence-electron chi connectivity index (χ2n) is 8.46. The average molecular weight is 268 g/mol. The van der Waals surface area contributed by atoms with Crippen molar-refractivity contribution in [1.82, 2.24) is 4.90 Å². The van der Waals surface area contributed by atoms with E-state index in [0.29, 0.717) is 11.0 Å². The van der Waals surface area contributed by atoms with Crippen LogP contribution in [-0.2, 0) is 0 Å². The average Bonchev–Trinajstić information content (AvgIpc) is 2.27. The molecule has 0 spiro atoms. The highest BCUT2D eigenvalue weighted by Crippen LogP contribution is 2.42. The van der Waals surface area contributed by atoms with Crippen LogP contribution >= 0.6 is 0 Å². The molecule has 3 atom stereocenters. The smallest absolute Gasteiger partial charge is 0.0153 e. The second kappa shape index (κ2) is 6.16. The van der Waals surface area contributed by atoms with E-state index in [1.165, 1.54) is 32.2 Å². The Balaban J connectivity index is 3.07. The third-order valence-corrected chi connectivity index (χ3v) is 5.67. The molecular formula is C18H37N. The van der Waals surface area contributed by atoms with Crippen molar-refractivity contribution in [3.8, 4) is 0 Å². The van der Waals surface area contributed by atoms with Crippen LogP contribution in [0.3, 0.4) is 0 Å². The predicted octanol–water partition coefficient (Wildman–Crippen LogP) is 5.21. The van der Waals surface area contributed by atoms with Gasteiger partial charge in [-0.15, -0.1) is 0 Å². The summed E-state index contributed by atoms with van der Waals surface area (Å²) in [4.78, 5) is 2.61. The fraction of sp³-hybridized carbons (Fsp3) is 1.00. The van der Waals surface area contributed by atoms with Gasteiger partial charge in [-0.05, 0) is 56.9 Å². The molecule has 0 amide bonds. The first-order chi connectivity index (χ1) is 8.63. The third kappa shape index (κ3) is 4.21. The largest absolute Gasteiger partial charge is 0.301 e. The Morgan fingerprint density at radius 3 is 2.05 bits per heavy atom. The van der Waals surface area contributed by atoms with Gasteiger partial charge < -0.3 is 4.90 Å². The van der Waals surface area contributed by atoms with Crippen molar-refractivity contribution >= 4 is 0 Å². The Hall–Kier alpha value is -0.0400. The van der Waals surface area contributed by atoms with Crippen molar-refractivity contribution in [2.45, 2.75) is 79.7 Å². The minimum Gasteiger partial charge on any atom is -0.301 e. The van der Waals surface area contributed by atoms with Gasteiger partial charge >= 0.3 is 0 Å². The number of hydrogen-bond donors (Lipinski definition) is 0. The van der Waals surface area contributed by atoms with Crippen LogP contribution in [0.4, 0.5) is 0 Å². The third-order valence-electron chi connectivity index (χ3n) is 5.67. The molecule has 0 aromatic heterocycles. The van der Waals surface area contributed by atoms with Crippen molar-refractivity contribution in [1.29, 1.82) is 0 Å². The van der Waals surface area contributed by atoms with Gasteiger partial charge in [0.15, 0.2) is 0 Å². The lowest BCUT2D eigenvalue weighted by Crippen LogP contribution is -2.46. The minimum absolute atomic E-state index is 0.329. The zero-order valence-corrected chi connectivity index (χ0v) is 14.7. The van der Waals surface area contributed by atoms with Gasteiger partial charge in [0, 0.05) is 12.1 Å². The van der Waals surface area contributed by atoms with E-state index in [4.69, 9.17) is 0 Å². The van der Waals surface area contributed by atoms with Gasteiger partial charge in [0.2, 0.25) is 0 Å². The lowest BCUT2D eigenvalue weighted by Gasteiger charge is -2.41. The molecule has 1 rings (SSSR count). The molecule has 3 unspecified atom stereocenters. The first-order valence-electron chi connectivity index (χ1n) is 8.34. The van der Waals surface area contributed by atoms with Crippen LogP contribution in [-0.4, -0.2) is 24.0 Å². The molecule has 1 aliphatic rings. The van der Waals surface area contributed by atoms with Crippen molar-refractivity contribution in [3.05, 3.63) is 0 Å². The molecule has 1 fully saturated rings. The van der Waals surface area contributed by atoms with E-state index < -0.39 is 0 Å². The summed E-state index contributed by atoms with van der Waals surface area (Å²) in [6, 6.07) is 0. The summed E-state index contributed by atoms with van der Waals surface area (Å²) in [5.74, 6) is 2.63. The monoisotopic (exact) mass is 267 g/mol. The second-order valence-corrected chi connectivity index (χ2v) is 8.46. The van der Waals surface area contributed by atoms with Crippen LogP contribution in [0, 0.1) is 23.2 Å². The SMILES string of the molecule is CCC1CC(C)(C)N(C)CC(C)(C)CC(C)C1CC. The number of nitrogens with zero attached hydrogens (tertiary/aromatic N) is 1. The van der Waals surface area contributed by atoms with E-state index in [2.05, 4.69) is 60.4 Å². The molecule has 1 heterocycles. The van der Waals surface area contributed by atoms with Gasteiger partial charge in [-0.25, -0.2) is 0 Å². The summed E-state index contributed by atoms with van der Waals surface area (Å²) in [5, 5.41) is 0. The zero-order valence-electron chi connectivity index (χ0n) is 14.7. The molecule has 1 nitrogen and oxygen atoms in total. The van der Waals surface area contributed by atoms with E-state index in [9.17, 15) is 0 Å². The van der Waals surface area contributed by atoms with Crippen LogP contribution in [0.25, 0.3) is 0 Å². The fourth-order valence-corrected chi connectivity index (χ4v) is 4.54. The van der Waals surface area contributed by atoms with Gasteiger partial charge in [-0.2, -0.15) is 0 Å².